The van der Waals surface area contributed by atoms with Gasteiger partial charge in [0.15, 0.2) is 9.84 Å². The minimum Gasteiger partial charge on any atom is -0.338 e. The number of sulfone groups is 1. The molecule has 1 atom stereocenters. The molecule has 0 radical (unpaired) electrons. The number of rotatable bonds is 4. The van der Waals surface area contributed by atoms with Gasteiger partial charge in [0.1, 0.15) is 0 Å². The summed E-state index contributed by atoms with van der Waals surface area (Å²) in [7, 11) is -2.94. The molecule has 0 bridgehead atoms. The number of carbonyl (C=O) groups excluding carboxylic acids is 1. The van der Waals surface area contributed by atoms with Crippen LogP contribution >= 0.6 is 0 Å². The van der Waals surface area contributed by atoms with E-state index in [9.17, 15) is 13.2 Å². The Labute approximate surface area is 115 Å². The Morgan fingerprint density at radius 1 is 1.26 bits per heavy atom. The molecular formula is C13H24N2O3S. The van der Waals surface area contributed by atoms with Gasteiger partial charge >= 0.3 is 6.03 Å². The Hall–Kier alpha value is -0.780. The topological polar surface area (TPSA) is 66.5 Å². The minimum atomic E-state index is -2.94. The van der Waals surface area contributed by atoms with Crippen LogP contribution in [0.15, 0.2) is 0 Å². The summed E-state index contributed by atoms with van der Waals surface area (Å²) in [5, 5.41) is 2.97. The zero-order chi connectivity index (χ0) is 13.9. The van der Waals surface area contributed by atoms with Gasteiger partial charge in [-0.15, -0.1) is 0 Å². The molecule has 1 heterocycles. The Bertz CT molecular complexity index is 416. The molecule has 2 amide bonds. The zero-order valence-corrected chi connectivity index (χ0v) is 12.4. The zero-order valence-electron chi connectivity index (χ0n) is 11.6. The van der Waals surface area contributed by atoms with Gasteiger partial charge in [0.05, 0.1) is 11.5 Å². The summed E-state index contributed by atoms with van der Waals surface area (Å²) in [6, 6.07) is -0.241. The van der Waals surface area contributed by atoms with Crippen LogP contribution in [-0.2, 0) is 9.84 Å². The van der Waals surface area contributed by atoms with E-state index in [1.165, 1.54) is 25.7 Å². The van der Waals surface area contributed by atoms with Gasteiger partial charge in [0, 0.05) is 19.1 Å². The second kappa shape index (κ2) is 6.11. The molecule has 0 aromatic carbocycles. The van der Waals surface area contributed by atoms with Crippen molar-refractivity contribution in [3.8, 4) is 0 Å². The van der Waals surface area contributed by atoms with Gasteiger partial charge in [-0.05, 0) is 32.1 Å². The lowest BCUT2D eigenvalue weighted by atomic mass is 10.1. The van der Waals surface area contributed by atoms with Crippen molar-refractivity contribution in [2.45, 2.75) is 45.1 Å². The predicted octanol–water partition coefficient (Wildman–Crippen LogP) is 1.40. The number of amides is 2. The molecule has 0 spiro atoms. The van der Waals surface area contributed by atoms with Crippen molar-refractivity contribution in [2.24, 2.45) is 5.92 Å². The molecule has 0 aromatic rings. The molecule has 6 heteroatoms. The lowest BCUT2D eigenvalue weighted by Gasteiger charge is -2.27. The first-order chi connectivity index (χ1) is 9.02. The van der Waals surface area contributed by atoms with Gasteiger partial charge in [-0.1, -0.05) is 12.8 Å². The van der Waals surface area contributed by atoms with Crippen molar-refractivity contribution >= 4 is 15.9 Å². The van der Waals surface area contributed by atoms with E-state index < -0.39 is 9.84 Å². The number of carbonyl (C=O) groups is 1. The lowest BCUT2D eigenvalue weighted by molar-refractivity contribution is 0.182. The van der Waals surface area contributed by atoms with Crippen LogP contribution < -0.4 is 5.32 Å². The van der Waals surface area contributed by atoms with Crippen LogP contribution in [-0.4, -0.2) is 50.0 Å². The van der Waals surface area contributed by atoms with Crippen LogP contribution in [0.4, 0.5) is 4.79 Å². The summed E-state index contributed by atoms with van der Waals surface area (Å²) in [5.41, 5.74) is 0. The smallest absolute Gasteiger partial charge is 0.317 e. The van der Waals surface area contributed by atoms with E-state index in [0.717, 1.165) is 6.54 Å². The largest absolute Gasteiger partial charge is 0.338 e. The van der Waals surface area contributed by atoms with E-state index in [4.69, 9.17) is 0 Å². The Balaban J connectivity index is 1.84. The molecule has 2 rings (SSSR count). The van der Waals surface area contributed by atoms with Gasteiger partial charge < -0.3 is 10.2 Å². The molecular weight excluding hydrogens is 264 g/mol. The average Bonchev–Trinajstić information content (AvgIpc) is 2.97. The number of nitrogens with one attached hydrogen (secondary N) is 1. The van der Waals surface area contributed by atoms with Crippen molar-refractivity contribution in [1.29, 1.82) is 0 Å². The number of nitrogens with zero attached hydrogens (tertiary/aromatic N) is 1. The van der Waals surface area contributed by atoms with Gasteiger partial charge in [0.2, 0.25) is 0 Å². The molecule has 1 saturated heterocycles. The fourth-order valence-corrected chi connectivity index (χ4v) is 4.87. The normalized spacial score (nSPS) is 26.5. The van der Waals surface area contributed by atoms with E-state index >= 15 is 0 Å². The van der Waals surface area contributed by atoms with Crippen LogP contribution in [0.1, 0.15) is 39.0 Å². The molecule has 5 nitrogen and oxygen atoms in total. The second-order valence-electron chi connectivity index (χ2n) is 5.68. The molecule has 1 N–H and O–H groups in total. The van der Waals surface area contributed by atoms with Gasteiger partial charge in [-0.25, -0.2) is 13.2 Å². The van der Waals surface area contributed by atoms with E-state index in [1.807, 2.05) is 6.92 Å². The summed E-state index contributed by atoms with van der Waals surface area (Å²) >= 11 is 0. The maximum Gasteiger partial charge on any atom is 0.317 e. The summed E-state index contributed by atoms with van der Waals surface area (Å²) in [5.74, 6) is 0.942. The molecule has 1 aliphatic carbocycles. The molecule has 110 valence electrons. The highest BCUT2D eigenvalue weighted by Crippen LogP contribution is 2.24. The third-order valence-corrected chi connectivity index (χ3v) is 6.02. The van der Waals surface area contributed by atoms with Crippen LogP contribution in [0.25, 0.3) is 0 Å². The van der Waals surface area contributed by atoms with Crippen molar-refractivity contribution in [3.63, 3.8) is 0 Å². The molecule has 1 aliphatic heterocycles. The SMILES string of the molecule is CCN(C(=O)NCC1CCCC1)C1CCS(=O)(=O)C1. The van der Waals surface area contributed by atoms with Crippen LogP contribution in [0.2, 0.25) is 0 Å². The van der Waals surface area contributed by atoms with Gasteiger partial charge in [-0.3, -0.25) is 0 Å². The maximum atomic E-state index is 12.1. The molecule has 0 aromatic heterocycles. The molecule has 1 unspecified atom stereocenters. The highest BCUT2D eigenvalue weighted by Gasteiger charge is 2.34. The van der Waals surface area contributed by atoms with Crippen molar-refractivity contribution in [2.75, 3.05) is 24.6 Å². The van der Waals surface area contributed by atoms with Gasteiger partial charge in [0.25, 0.3) is 0 Å². The van der Waals surface area contributed by atoms with Crippen molar-refractivity contribution in [3.05, 3.63) is 0 Å². The number of hydrogen-bond donors (Lipinski definition) is 1. The highest BCUT2D eigenvalue weighted by atomic mass is 32.2. The third kappa shape index (κ3) is 3.84. The summed E-state index contributed by atoms with van der Waals surface area (Å²) in [6.45, 7) is 3.20. The minimum absolute atomic E-state index is 0.100. The fourth-order valence-electron chi connectivity index (χ4n) is 3.14. The number of urea groups is 1. The quantitative estimate of drug-likeness (QED) is 0.850. The Morgan fingerprint density at radius 2 is 1.95 bits per heavy atom. The second-order valence-corrected chi connectivity index (χ2v) is 7.91. The van der Waals surface area contributed by atoms with Gasteiger partial charge in [-0.2, -0.15) is 0 Å². The summed E-state index contributed by atoms with van der Waals surface area (Å²) in [6.07, 6.45) is 5.50. The molecule has 2 fully saturated rings. The van der Waals surface area contributed by atoms with Crippen LogP contribution in [0.3, 0.4) is 0 Å². The summed E-state index contributed by atoms with van der Waals surface area (Å²) in [4.78, 5) is 13.8. The van der Waals surface area contributed by atoms with E-state index in [-0.39, 0.29) is 23.6 Å². The number of hydrogen-bond acceptors (Lipinski definition) is 3. The van der Waals surface area contributed by atoms with E-state index in [0.29, 0.717) is 18.9 Å². The molecule has 19 heavy (non-hydrogen) atoms. The highest BCUT2D eigenvalue weighted by molar-refractivity contribution is 7.91. The van der Waals surface area contributed by atoms with E-state index in [1.54, 1.807) is 4.90 Å². The Morgan fingerprint density at radius 3 is 2.47 bits per heavy atom. The predicted molar refractivity (Wildman–Crippen MR) is 74.8 cm³/mol. The lowest BCUT2D eigenvalue weighted by Crippen LogP contribution is -2.47. The maximum absolute atomic E-state index is 12.1. The van der Waals surface area contributed by atoms with Crippen LogP contribution in [0, 0.1) is 5.92 Å². The molecule has 1 saturated carbocycles. The first-order valence-corrected chi connectivity index (χ1v) is 9.09. The average molecular weight is 288 g/mol. The monoisotopic (exact) mass is 288 g/mol. The fraction of sp³-hybridized carbons (Fsp3) is 0.923. The standard InChI is InChI=1S/C13H24N2O3S/c1-2-15(12-7-8-19(17,18)10-12)13(16)14-9-11-5-3-4-6-11/h11-12H,2-10H2,1H3,(H,14,16). The van der Waals surface area contributed by atoms with Crippen molar-refractivity contribution in [1.82, 2.24) is 10.2 Å². The molecule has 2 aliphatic rings. The summed E-state index contributed by atoms with van der Waals surface area (Å²) < 4.78 is 23.0. The first kappa shape index (κ1) is 14.6. The Kier molecular flexibility index (Phi) is 4.71. The van der Waals surface area contributed by atoms with E-state index in [2.05, 4.69) is 5.32 Å². The van der Waals surface area contributed by atoms with Crippen LogP contribution in [0.5, 0.6) is 0 Å². The first-order valence-electron chi connectivity index (χ1n) is 7.26. The third-order valence-electron chi connectivity index (χ3n) is 4.27. The van der Waals surface area contributed by atoms with Crippen molar-refractivity contribution < 1.29 is 13.2 Å².